The summed E-state index contributed by atoms with van der Waals surface area (Å²) >= 11 is 11.9. The molecule has 1 aromatic rings. The minimum Gasteiger partial charge on any atom is -0.496 e. The summed E-state index contributed by atoms with van der Waals surface area (Å²) in [4.78, 5) is 0. The summed E-state index contributed by atoms with van der Waals surface area (Å²) in [6.45, 7) is 1.95. The molecule has 0 saturated carbocycles. The lowest BCUT2D eigenvalue weighted by Crippen LogP contribution is -2.18. The van der Waals surface area contributed by atoms with E-state index in [9.17, 15) is 0 Å². The van der Waals surface area contributed by atoms with Gasteiger partial charge in [0.05, 0.1) is 7.11 Å². The van der Waals surface area contributed by atoms with Crippen LogP contribution in [-0.4, -0.2) is 20.0 Å². The zero-order chi connectivity index (χ0) is 11.4. The number of rotatable bonds is 4. The molecule has 15 heavy (non-hydrogen) atoms. The summed E-state index contributed by atoms with van der Waals surface area (Å²) in [6.07, 6.45) is 0. The minimum atomic E-state index is 0.0553. The number of ether oxygens (including phenoxy) is 1. The van der Waals surface area contributed by atoms with E-state index in [1.807, 2.05) is 26.1 Å². The van der Waals surface area contributed by atoms with Gasteiger partial charge in [-0.15, -0.1) is 11.6 Å². The van der Waals surface area contributed by atoms with Gasteiger partial charge in [-0.1, -0.05) is 11.6 Å². The second kappa shape index (κ2) is 5.59. The van der Waals surface area contributed by atoms with E-state index in [-0.39, 0.29) is 6.04 Å². The first-order valence-corrected chi connectivity index (χ1v) is 5.62. The Morgan fingerprint density at radius 2 is 2.13 bits per heavy atom. The molecule has 4 heteroatoms. The monoisotopic (exact) mass is 247 g/mol. The first-order chi connectivity index (χ1) is 7.13. The largest absolute Gasteiger partial charge is 0.496 e. The normalized spacial score (nSPS) is 12.6. The third kappa shape index (κ3) is 2.77. The van der Waals surface area contributed by atoms with Crippen LogP contribution in [0.3, 0.4) is 0 Å². The first-order valence-electron chi connectivity index (χ1n) is 4.71. The van der Waals surface area contributed by atoms with Gasteiger partial charge in [0.2, 0.25) is 0 Å². The highest BCUT2D eigenvalue weighted by atomic mass is 35.5. The van der Waals surface area contributed by atoms with Crippen molar-refractivity contribution in [3.8, 4) is 5.75 Å². The average Bonchev–Trinajstić information content (AvgIpc) is 2.24. The van der Waals surface area contributed by atoms with Crippen molar-refractivity contribution in [1.82, 2.24) is 5.32 Å². The van der Waals surface area contributed by atoms with Crippen molar-refractivity contribution in [2.24, 2.45) is 0 Å². The molecule has 0 aromatic heterocycles. The van der Waals surface area contributed by atoms with Gasteiger partial charge in [0.25, 0.3) is 0 Å². The summed E-state index contributed by atoms with van der Waals surface area (Å²) in [7, 11) is 3.51. The SMILES string of the molecule is CNC(CCl)c1cc(Cl)c(C)cc1OC. The van der Waals surface area contributed by atoms with Gasteiger partial charge in [-0.2, -0.15) is 0 Å². The van der Waals surface area contributed by atoms with Crippen LogP contribution in [-0.2, 0) is 0 Å². The van der Waals surface area contributed by atoms with Gasteiger partial charge >= 0.3 is 0 Å². The molecule has 0 heterocycles. The number of hydrogen-bond donors (Lipinski definition) is 1. The third-order valence-corrected chi connectivity index (χ3v) is 3.10. The predicted molar refractivity (Wildman–Crippen MR) is 65.3 cm³/mol. The molecule has 1 unspecified atom stereocenters. The summed E-state index contributed by atoms with van der Waals surface area (Å²) in [5.41, 5.74) is 1.99. The second-order valence-electron chi connectivity index (χ2n) is 3.34. The zero-order valence-corrected chi connectivity index (χ0v) is 10.6. The minimum absolute atomic E-state index is 0.0553. The Kier molecular flexibility index (Phi) is 4.71. The number of halogens is 2. The Balaban J connectivity index is 3.20. The van der Waals surface area contributed by atoms with Crippen molar-refractivity contribution in [3.05, 3.63) is 28.3 Å². The molecule has 84 valence electrons. The number of nitrogens with one attached hydrogen (secondary N) is 1. The highest BCUT2D eigenvalue weighted by Gasteiger charge is 2.15. The van der Waals surface area contributed by atoms with Gasteiger partial charge < -0.3 is 10.1 Å². The highest BCUT2D eigenvalue weighted by Crippen LogP contribution is 2.31. The van der Waals surface area contributed by atoms with Crippen LogP contribution in [0.15, 0.2) is 12.1 Å². The fourth-order valence-corrected chi connectivity index (χ4v) is 1.93. The number of hydrogen-bond acceptors (Lipinski definition) is 2. The van der Waals surface area contributed by atoms with Gasteiger partial charge in [-0.05, 0) is 31.7 Å². The van der Waals surface area contributed by atoms with Crippen molar-refractivity contribution in [1.29, 1.82) is 0 Å². The molecular formula is C11H15Cl2NO. The van der Waals surface area contributed by atoms with Crippen molar-refractivity contribution in [3.63, 3.8) is 0 Å². The van der Waals surface area contributed by atoms with Crippen molar-refractivity contribution < 1.29 is 4.74 Å². The molecule has 1 rings (SSSR count). The van der Waals surface area contributed by atoms with Crippen molar-refractivity contribution in [2.45, 2.75) is 13.0 Å². The van der Waals surface area contributed by atoms with Crippen LogP contribution in [0, 0.1) is 6.92 Å². The Bertz CT molecular complexity index is 338. The van der Waals surface area contributed by atoms with Crippen LogP contribution < -0.4 is 10.1 Å². The Labute approximate surface area is 101 Å². The molecule has 2 nitrogen and oxygen atoms in total. The van der Waals surface area contributed by atoms with Gasteiger partial charge in [0, 0.05) is 22.5 Å². The van der Waals surface area contributed by atoms with Crippen LogP contribution in [0.4, 0.5) is 0 Å². The van der Waals surface area contributed by atoms with Gasteiger partial charge in [-0.3, -0.25) is 0 Å². The van der Waals surface area contributed by atoms with E-state index in [2.05, 4.69) is 5.32 Å². The number of aryl methyl sites for hydroxylation is 1. The van der Waals surface area contributed by atoms with Gasteiger partial charge in [0.15, 0.2) is 0 Å². The van der Waals surface area contributed by atoms with Crippen molar-refractivity contribution in [2.75, 3.05) is 20.0 Å². The fraction of sp³-hybridized carbons (Fsp3) is 0.455. The summed E-state index contributed by atoms with van der Waals surface area (Å²) < 4.78 is 5.31. The van der Waals surface area contributed by atoms with Crippen LogP contribution in [0.2, 0.25) is 5.02 Å². The van der Waals surface area contributed by atoms with E-state index in [1.54, 1.807) is 7.11 Å². The number of benzene rings is 1. The molecule has 1 aromatic carbocycles. The fourth-order valence-electron chi connectivity index (χ4n) is 1.44. The lowest BCUT2D eigenvalue weighted by atomic mass is 10.0. The molecule has 1 N–H and O–H groups in total. The highest BCUT2D eigenvalue weighted by molar-refractivity contribution is 6.31. The van der Waals surface area contributed by atoms with Crippen molar-refractivity contribution >= 4 is 23.2 Å². The van der Waals surface area contributed by atoms with E-state index in [0.29, 0.717) is 5.88 Å². The Morgan fingerprint density at radius 3 is 2.60 bits per heavy atom. The zero-order valence-electron chi connectivity index (χ0n) is 9.10. The molecule has 0 aliphatic heterocycles. The maximum Gasteiger partial charge on any atom is 0.124 e. The van der Waals surface area contributed by atoms with Crippen LogP contribution in [0.5, 0.6) is 5.75 Å². The molecule has 0 radical (unpaired) electrons. The Hall–Kier alpha value is -0.440. The summed E-state index contributed by atoms with van der Waals surface area (Å²) in [5.74, 6) is 1.29. The molecule has 1 atom stereocenters. The number of alkyl halides is 1. The molecule has 0 aliphatic rings. The molecular weight excluding hydrogens is 233 g/mol. The lowest BCUT2D eigenvalue weighted by Gasteiger charge is -2.18. The summed E-state index contributed by atoms with van der Waals surface area (Å²) in [5, 5.41) is 3.85. The third-order valence-electron chi connectivity index (χ3n) is 2.39. The molecule has 0 bridgehead atoms. The molecule has 0 saturated heterocycles. The van der Waals surface area contributed by atoms with E-state index < -0.39 is 0 Å². The van der Waals surface area contributed by atoms with E-state index >= 15 is 0 Å². The first kappa shape index (κ1) is 12.6. The molecule has 0 amide bonds. The summed E-state index contributed by atoms with van der Waals surface area (Å²) in [6, 6.07) is 3.88. The topological polar surface area (TPSA) is 21.3 Å². The standard InChI is InChI=1S/C11H15Cl2NO/c1-7-4-11(15-3)8(5-9(7)13)10(6-12)14-2/h4-5,10,14H,6H2,1-3H3. The molecule has 0 fully saturated rings. The van der Waals surface area contributed by atoms with Crippen LogP contribution in [0.25, 0.3) is 0 Å². The Morgan fingerprint density at radius 1 is 1.47 bits per heavy atom. The van der Waals surface area contributed by atoms with Crippen LogP contribution in [0.1, 0.15) is 17.2 Å². The smallest absolute Gasteiger partial charge is 0.124 e. The molecule has 0 aliphatic carbocycles. The maximum absolute atomic E-state index is 6.07. The van der Waals surface area contributed by atoms with E-state index in [4.69, 9.17) is 27.9 Å². The quantitative estimate of drug-likeness (QED) is 0.826. The maximum atomic E-state index is 6.07. The van der Waals surface area contributed by atoms with Crippen LogP contribution >= 0.6 is 23.2 Å². The van der Waals surface area contributed by atoms with Gasteiger partial charge in [0.1, 0.15) is 5.75 Å². The molecule has 0 spiro atoms. The predicted octanol–water partition coefficient (Wildman–Crippen LogP) is 3.16. The second-order valence-corrected chi connectivity index (χ2v) is 4.05. The van der Waals surface area contributed by atoms with E-state index in [1.165, 1.54) is 0 Å². The lowest BCUT2D eigenvalue weighted by molar-refractivity contribution is 0.404. The van der Waals surface area contributed by atoms with E-state index in [0.717, 1.165) is 21.9 Å². The van der Waals surface area contributed by atoms with Gasteiger partial charge in [-0.25, -0.2) is 0 Å². The average molecular weight is 248 g/mol. The number of methoxy groups -OCH3 is 1.